The number of aliphatic carboxylic acids is 1. The molecule has 21 heavy (non-hydrogen) atoms. The van der Waals surface area contributed by atoms with Crippen molar-refractivity contribution in [3.05, 3.63) is 0 Å². The second-order valence-corrected chi connectivity index (χ2v) is 5.91. The van der Waals surface area contributed by atoms with E-state index < -0.39 is 29.7 Å². The van der Waals surface area contributed by atoms with Gasteiger partial charge in [0.05, 0.1) is 12.1 Å². The second-order valence-electron chi connectivity index (χ2n) is 5.91. The molecule has 1 saturated heterocycles. The van der Waals surface area contributed by atoms with Gasteiger partial charge in [-0.25, -0.2) is 4.79 Å². The smallest absolute Gasteiger partial charge is 0.407 e. The minimum absolute atomic E-state index is 0.0593. The molecule has 0 aromatic heterocycles. The van der Waals surface area contributed by atoms with E-state index >= 15 is 0 Å². The van der Waals surface area contributed by atoms with Crippen molar-refractivity contribution in [3.63, 3.8) is 0 Å². The van der Waals surface area contributed by atoms with Crippen LogP contribution < -0.4 is 16.0 Å². The third-order valence-electron chi connectivity index (χ3n) is 2.88. The predicted molar refractivity (Wildman–Crippen MR) is 74.5 cm³/mol. The third kappa shape index (κ3) is 6.44. The van der Waals surface area contributed by atoms with Gasteiger partial charge in [0.15, 0.2) is 0 Å². The Morgan fingerprint density at radius 3 is 2.57 bits per heavy atom. The first-order valence-corrected chi connectivity index (χ1v) is 6.91. The minimum atomic E-state index is -0.933. The van der Waals surface area contributed by atoms with Crippen LogP contribution in [0.3, 0.4) is 0 Å². The molecular formula is C13H23N3O5. The maximum Gasteiger partial charge on any atom is 0.407 e. The van der Waals surface area contributed by atoms with Gasteiger partial charge in [-0.05, 0) is 33.7 Å². The number of hydrogen-bond acceptors (Lipinski definition) is 5. The second kappa shape index (κ2) is 7.26. The van der Waals surface area contributed by atoms with Gasteiger partial charge in [0.2, 0.25) is 5.91 Å². The molecule has 0 spiro atoms. The first-order valence-electron chi connectivity index (χ1n) is 6.91. The van der Waals surface area contributed by atoms with Crippen molar-refractivity contribution < 1.29 is 24.2 Å². The average Bonchev–Trinajstić information content (AvgIpc) is 2.74. The van der Waals surface area contributed by atoms with Gasteiger partial charge in [0.25, 0.3) is 0 Å². The van der Waals surface area contributed by atoms with E-state index in [4.69, 9.17) is 9.84 Å². The maximum absolute atomic E-state index is 11.7. The maximum atomic E-state index is 11.7. The van der Waals surface area contributed by atoms with Crippen molar-refractivity contribution in [2.45, 2.75) is 45.4 Å². The molecule has 4 N–H and O–H groups in total. The zero-order valence-electron chi connectivity index (χ0n) is 12.6. The van der Waals surface area contributed by atoms with E-state index in [0.29, 0.717) is 13.0 Å². The van der Waals surface area contributed by atoms with E-state index in [1.807, 2.05) is 0 Å². The van der Waals surface area contributed by atoms with Crippen LogP contribution in [0.4, 0.5) is 4.79 Å². The van der Waals surface area contributed by atoms with Crippen molar-refractivity contribution in [1.82, 2.24) is 16.0 Å². The summed E-state index contributed by atoms with van der Waals surface area (Å²) in [6.07, 6.45) is -0.602. The summed E-state index contributed by atoms with van der Waals surface area (Å²) in [6.45, 7) is 5.93. The number of carbonyl (C=O) groups excluding carboxylic acids is 2. The summed E-state index contributed by atoms with van der Waals surface area (Å²) in [4.78, 5) is 34.0. The minimum Gasteiger partial charge on any atom is -0.481 e. The van der Waals surface area contributed by atoms with E-state index in [1.165, 1.54) is 0 Å². The fourth-order valence-electron chi connectivity index (χ4n) is 1.96. The molecule has 0 aliphatic carbocycles. The normalized spacial score (nSPS) is 21.7. The Morgan fingerprint density at radius 1 is 1.33 bits per heavy atom. The Kier molecular flexibility index (Phi) is 5.95. The molecule has 0 aromatic carbocycles. The van der Waals surface area contributed by atoms with Crippen LogP contribution in [-0.4, -0.2) is 47.9 Å². The highest BCUT2D eigenvalue weighted by atomic mass is 16.6. The molecule has 2 atom stereocenters. The standard InChI is InChI=1S/C13H23N3O5/c1-13(2,3)21-12(20)15-7-5-9(17)16-10-8(11(18)19)4-6-14-10/h8,10,14H,4-7H2,1-3H3,(H,15,20)(H,16,17)(H,18,19)/t8?,10-/m1/s1. The van der Waals surface area contributed by atoms with Crippen molar-refractivity contribution in [3.8, 4) is 0 Å². The first-order chi connectivity index (χ1) is 9.69. The fraction of sp³-hybridized carbons (Fsp3) is 0.769. The molecule has 1 aliphatic rings. The number of hydrogen-bond donors (Lipinski definition) is 4. The summed E-state index contributed by atoms with van der Waals surface area (Å²) in [6, 6.07) is 0. The van der Waals surface area contributed by atoms with Crippen LogP contribution in [0, 0.1) is 5.92 Å². The summed E-state index contributed by atoms with van der Waals surface area (Å²) in [7, 11) is 0. The lowest BCUT2D eigenvalue weighted by atomic mass is 10.1. The molecule has 120 valence electrons. The zero-order valence-corrected chi connectivity index (χ0v) is 12.6. The van der Waals surface area contributed by atoms with E-state index in [9.17, 15) is 14.4 Å². The monoisotopic (exact) mass is 301 g/mol. The van der Waals surface area contributed by atoms with Crippen molar-refractivity contribution in [1.29, 1.82) is 0 Å². The molecule has 0 bridgehead atoms. The summed E-state index contributed by atoms with van der Waals surface area (Å²) < 4.78 is 5.03. The lowest BCUT2D eigenvalue weighted by Crippen LogP contribution is -2.47. The highest BCUT2D eigenvalue weighted by Crippen LogP contribution is 2.13. The fourth-order valence-corrected chi connectivity index (χ4v) is 1.96. The number of carbonyl (C=O) groups is 3. The van der Waals surface area contributed by atoms with Gasteiger partial charge in [-0.15, -0.1) is 0 Å². The van der Waals surface area contributed by atoms with E-state index in [1.54, 1.807) is 20.8 Å². The van der Waals surface area contributed by atoms with Crippen LogP contribution >= 0.6 is 0 Å². The van der Waals surface area contributed by atoms with Crippen molar-refractivity contribution in [2.24, 2.45) is 5.92 Å². The van der Waals surface area contributed by atoms with Crippen molar-refractivity contribution in [2.75, 3.05) is 13.1 Å². The summed E-state index contributed by atoms with van der Waals surface area (Å²) >= 11 is 0. The Bertz CT molecular complexity index is 405. The molecule has 2 amide bonds. The van der Waals surface area contributed by atoms with Crippen LogP contribution in [0.1, 0.15) is 33.6 Å². The highest BCUT2D eigenvalue weighted by molar-refractivity contribution is 5.79. The first kappa shape index (κ1) is 17.2. The van der Waals surface area contributed by atoms with Gasteiger partial charge >= 0.3 is 12.1 Å². The number of ether oxygens (including phenoxy) is 1. The molecule has 1 fully saturated rings. The van der Waals surface area contributed by atoms with Crippen LogP contribution in [0.15, 0.2) is 0 Å². The van der Waals surface area contributed by atoms with Crippen LogP contribution in [0.5, 0.6) is 0 Å². The van der Waals surface area contributed by atoms with E-state index in [-0.39, 0.29) is 18.9 Å². The number of carboxylic acid groups (broad SMARTS) is 1. The number of nitrogens with one attached hydrogen (secondary N) is 3. The van der Waals surface area contributed by atoms with Gasteiger partial charge in [-0.1, -0.05) is 0 Å². The number of carboxylic acids is 1. The Labute approximate surface area is 123 Å². The van der Waals surface area contributed by atoms with Gasteiger partial charge in [0.1, 0.15) is 5.60 Å². The molecule has 1 unspecified atom stereocenters. The molecule has 1 aliphatic heterocycles. The van der Waals surface area contributed by atoms with Gasteiger partial charge in [-0.2, -0.15) is 0 Å². The number of alkyl carbamates (subject to hydrolysis) is 1. The molecule has 0 saturated carbocycles. The molecule has 1 heterocycles. The predicted octanol–water partition coefficient (Wildman–Crippen LogP) is 0.0376. The Morgan fingerprint density at radius 2 is 2.00 bits per heavy atom. The highest BCUT2D eigenvalue weighted by Gasteiger charge is 2.33. The largest absolute Gasteiger partial charge is 0.481 e. The van der Waals surface area contributed by atoms with E-state index in [2.05, 4.69) is 16.0 Å². The lowest BCUT2D eigenvalue weighted by Gasteiger charge is -2.20. The molecular weight excluding hydrogens is 278 g/mol. The van der Waals surface area contributed by atoms with Gasteiger partial charge in [0, 0.05) is 13.0 Å². The molecule has 1 rings (SSSR count). The van der Waals surface area contributed by atoms with Crippen molar-refractivity contribution >= 4 is 18.0 Å². The average molecular weight is 301 g/mol. The zero-order chi connectivity index (χ0) is 16.0. The number of rotatable bonds is 5. The van der Waals surface area contributed by atoms with E-state index in [0.717, 1.165) is 0 Å². The Balaban J connectivity index is 2.25. The lowest BCUT2D eigenvalue weighted by molar-refractivity contribution is -0.142. The number of amides is 2. The Hall–Kier alpha value is -1.83. The topological polar surface area (TPSA) is 117 Å². The van der Waals surface area contributed by atoms with Gasteiger partial charge < -0.3 is 20.5 Å². The summed E-state index contributed by atoms with van der Waals surface area (Å²) in [5.74, 6) is -1.87. The SMILES string of the molecule is CC(C)(C)OC(=O)NCCC(=O)N[C@H]1NCCC1C(=O)O. The van der Waals surface area contributed by atoms with Crippen LogP contribution in [0.2, 0.25) is 0 Å². The van der Waals surface area contributed by atoms with Gasteiger partial charge in [-0.3, -0.25) is 14.9 Å². The van der Waals surface area contributed by atoms with Crippen LogP contribution in [-0.2, 0) is 14.3 Å². The summed E-state index contributed by atoms with van der Waals surface area (Å²) in [5.41, 5.74) is -0.588. The molecule has 0 radical (unpaired) electrons. The molecule has 0 aromatic rings. The summed E-state index contributed by atoms with van der Waals surface area (Å²) in [5, 5.41) is 17.0. The third-order valence-corrected chi connectivity index (χ3v) is 2.88. The molecule has 8 heteroatoms. The quantitative estimate of drug-likeness (QED) is 0.569. The molecule has 8 nitrogen and oxygen atoms in total. The van der Waals surface area contributed by atoms with Crippen LogP contribution in [0.25, 0.3) is 0 Å².